The molecule has 2 N–H and O–H groups in total. The van der Waals surface area contributed by atoms with Crippen molar-refractivity contribution >= 4 is 0 Å². The lowest BCUT2D eigenvalue weighted by atomic mass is 10.0. The highest BCUT2D eigenvalue weighted by Crippen LogP contribution is 2.18. The molecular formula is C10H13N5. The maximum absolute atomic E-state index is 5.95. The van der Waals surface area contributed by atoms with Crippen LogP contribution in [-0.2, 0) is 0 Å². The standard InChI is InChI=1S/C10H13N5/c1-8(11)10(15-7-13-6-14-15)9-2-4-12-5-3-9/h2-8,10H,11H2,1H3. The van der Waals surface area contributed by atoms with Gasteiger partial charge in [-0.05, 0) is 24.6 Å². The number of pyridine rings is 1. The van der Waals surface area contributed by atoms with Gasteiger partial charge in [0.2, 0.25) is 0 Å². The van der Waals surface area contributed by atoms with Crippen molar-refractivity contribution in [2.45, 2.75) is 19.0 Å². The van der Waals surface area contributed by atoms with E-state index in [0.717, 1.165) is 5.56 Å². The zero-order valence-electron chi connectivity index (χ0n) is 8.49. The van der Waals surface area contributed by atoms with Gasteiger partial charge in [-0.25, -0.2) is 9.67 Å². The molecule has 0 saturated carbocycles. The van der Waals surface area contributed by atoms with Gasteiger partial charge in [-0.15, -0.1) is 0 Å². The number of aromatic nitrogens is 4. The lowest BCUT2D eigenvalue weighted by Gasteiger charge is -2.20. The Kier molecular flexibility index (Phi) is 2.73. The summed E-state index contributed by atoms with van der Waals surface area (Å²) >= 11 is 0. The molecule has 0 bridgehead atoms. The molecule has 0 aliphatic heterocycles. The van der Waals surface area contributed by atoms with Crippen LogP contribution in [0.15, 0.2) is 37.2 Å². The maximum atomic E-state index is 5.95. The van der Waals surface area contributed by atoms with Crippen LogP contribution in [0.3, 0.4) is 0 Å². The van der Waals surface area contributed by atoms with Crippen molar-refractivity contribution < 1.29 is 0 Å². The van der Waals surface area contributed by atoms with E-state index < -0.39 is 0 Å². The molecule has 2 heterocycles. The van der Waals surface area contributed by atoms with E-state index >= 15 is 0 Å². The van der Waals surface area contributed by atoms with Gasteiger partial charge >= 0.3 is 0 Å². The molecule has 2 atom stereocenters. The van der Waals surface area contributed by atoms with Crippen LogP contribution in [0, 0.1) is 0 Å². The summed E-state index contributed by atoms with van der Waals surface area (Å²) in [6.07, 6.45) is 6.69. The van der Waals surface area contributed by atoms with E-state index in [-0.39, 0.29) is 12.1 Å². The summed E-state index contributed by atoms with van der Waals surface area (Å²) in [6, 6.07) is 3.86. The van der Waals surface area contributed by atoms with Crippen LogP contribution in [0.1, 0.15) is 18.5 Å². The SMILES string of the molecule is CC(N)C(c1ccncc1)n1cncn1. The first-order valence-corrected chi connectivity index (χ1v) is 4.78. The minimum Gasteiger partial charge on any atom is -0.326 e. The largest absolute Gasteiger partial charge is 0.326 e. The fraction of sp³-hybridized carbons (Fsp3) is 0.300. The van der Waals surface area contributed by atoms with E-state index in [0.29, 0.717) is 0 Å². The van der Waals surface area contributed by atoms with Gasteiger partial charge in [0, 0.05) is 18.4 Å². The van der Waals surface area contributed by atoms with Crippen LogP contribution in [0.5, 0.6) is 0 Å². The molecule has 78 valence electrons. The zero-order valence-corrected chi connectivity index (χ0v) is 8.49. The van der Waals surface area contributed by atoms with E-state index in [1.54, 1.807) is 23.4 Å². The molecule has 0 spiro atoms. The third kappa shape index (κ3) is 2.02. The van der Waals surface area contributed by atoms with Crippen molar-refractivity contribution in [3.05, 3.63) is 42.7 Å². The van der Waals surface area contributed by atoms with Gasteiger partial charge in [-0.3, -0.25) is 4.98 Å². The Morgan fingerprint density at radius 1 is 1.27 bits per heavy atom. The van der Waals surface area contributed by atoms with Crippen molar-refractivity contribution in [1.29, 1.82) is 0 Å². The topological polar surface area (TPSA) is 69.6 Å². The van der Waals surface area contributed by atoms with Crippen LogP contribution in [0.2, 0.25) is 0 Å². The van der Waals surface area contributed by atoms with Crippen LogP contribution < -0.4 is 5.73 Å². The van der Waals surface area contributed by atoms with Crippen molar-refractivity contribution in [1.82, 2.24) is 19.7 Å². The van der Waals surface area contributed by atoms with Crippen LogP contribution >= 0.6 is 0 Å². The molecule has 15 heavy (non-hydrogen) atoms. The molecule has 5 heteroatoms. The molecule has 0 aliphatic rings. The highest BCUT2D eigenvalue weighted by atomic mass is 15.3. The minimum absolute atomic E-state index is 0.00972. The summed E-state index contributed by atoms with van der Waals surface area (Å²) in [5.41, 5.74) is 7.04. The summed E-state index contributed by atoms with van der Waals surface area (Å²) in [6.45, 7) is 1.95. The molecule has 5 nitrogen and oxygen atoms in total. The summed E-state index contributed by atoms with van der Waals surface area (Å²) in [5.74, 6) is 0. The van der Waals surface area contributed by atoms with E-state index in [1.165, 1.54) is 6.33 Å². The van der Waals surface area contributed by atoms with Gasteiger partial charge in [-0.2, -0.15) is 5.10 Å². The smallest absolute Gasteiger partial charge is 0.137 e. The molecule has 0 aliphatic carbocycles. The molecular weight excluding hydrogens is 190 g/mol. The first-order valence-electron chi connectivity index (χ1n) is 4.78. The van der Waals surface area contributed by atoms with Gasteiger partial charge in [0.15, 0.2) is 0 Å². The normalized spacial score (nSPS) is 14.8. The number of hydrogen-bond donors (Lipinski definition) is 1. The maximum Gasteiger partial charge on any atom is 0.137 e. The van der Waals surface area contributed by atoms with E-state index in [9.17, 15) is 0 Å². The number of nitrogens with two attached hydrogens (primary N) is 1. The Labute approximate surface area is 88.0 Å². The fourth-order valence-corrected chi connectivity index (χ4v) is 1.62. The summed E-state index contributed by atoms with van der Waals surface area (Å²) in [7, 11) is 0. The van der Waals surface area contributed by atoms with Crippen LogP contribution in [0.4, 0.5) is 0 Å². The highest BCUT2D eigenvalue weighted by Gasteiger charge is 2.18. The number of nitrogens with zero attached hydrogens (tertiary/aromatic N) is 4. The van der Waals surface area contributed by atoms with E-state index in [1.807, 2.05) is 19.1 Å². The molecule has 2 rings (SSSR count). The van der Waals surface area contributed by atoms with Crippen LogP contribution in [0.25, 0.3) is 0 Å². The first-order chi connectivity index (χ1) is 7.29. The first kappa shape index (κ1) is 9.79. The second kappa shape index (κ2) is 4.18. The summed E-state index contributed by atoms with van der Waals surface area (Å²) < 4.78 is 1.76. The zero-order chi connectivity index (χ0) is 10.7. The lowest BCUT2D eigenvalue weighted by molar-refractivity contribution is 0.452. The van der Waals surface area contributed by atoms with E-state index in [4.69, 9.17) is 5.73 Å². The molecule has 0 saturated heterocycles. The molecule has 2 aromatic heterocycles. The average molecular weight is 203 g/mol. The second-order valence-corrected chi connectivity index (χ2v) is 3.46. The van der Waals surface area contributed by atoms with E-state index in [2.05, 4.69) is 15.1 Å². The third-order valence-corrected chi connectivity index (χ3v) is 2.27. The molecule has 2 aromatic rings. The lowest BCUT2D eigenvalue weighted by Crippen LogP contribution is -2.30. The van der Waals surface area contributed by atoms with Crippen molar-refractivity contribution in [3.8, 4) is 0 Å². The van der Waals surface area contributed by atoms with Crippen molar-refractivity contribution in [3.63, 3.8) is 0 Å². The predicted octanol–water partition coefficient (Wildman–Crippen LogP) is 0.610. The van der Waals surface area contributed by atoms with Crippen LogP contribution in [-0.4, -0.2) is 25.8 Å². The quantitative estimate of drug-likeness (QED) is 0.793. The summed E-state index contributed by atoms with van der Waals surface area (Å²) in [4.78, 5) is 7.91. The number of hydrogen-bond acceptors (Lipinski definition) is 4. The number of rotatable bonds is 3. The molecule has 0 radical (unpaired) electrons. The Morgan fingerprint density at radius 2 is 2.00 bits per heavy atom. The fourth-order valence-electron chi connectivity index (χ4n) is 1.62. The Balaban J connectivity index is 2.37. The molecule has 0 fully saturated rings. The van der Waals surface area contributed by atoms with Crippen molar-refractivity contribution in [2.24, 2.45) is 5.73 Å². The highest BCUT2D eigenvalue weighted by molar-refractivity contribution is 5.17. The van der Waals surface area contributed by atoms with Gasteiger partial charge < -0.3 is 5.73 Å². The average Bonchev–Trinajstić information content (AvgIpc) is 2.72. The third-order valence-electron chi connectivity index (χ3n) is 2.27. The van der Waals surface area contributed by atoms with Gasteiger partial charge in [0.05, 0.1) is 6.04 Å². The van der Waals surface area contributed by atoms with Gasteiger partial charge in [0.1, 0.15) is 12.7 Å². The Morgan fingerprint density at radius 3 is 2.53 bits per heavy atom. The molecule has 2 unspecified atom stereocenters. The Hall–Kier alpha value is -1.75. The second-order valence-electron chi connectivity index (χ2n) is 3.46. The van der Waals surface area contributed by atoms with Gasteiger partial charge in [0.25, 0.3) is 0 Å². The monoisotopic (exact) mass is 203 g/mol. The predicted molar refractivity (Wildman–Crippen MR) is 56.0 cm³/mol. The van der Waals surface area contributed by atoms with Gasteiger partial charge in [-0.1, -0.05) is 0 Å². The Bertz CT molecular complexity index is 395. The van der Waals surface area contributed by atoms with Crippen molar-refractivity contribution in [2.75, 3.05) is 0 Å². The summed E-state index contributed by atoms with van der Waals surface area (Å²) in [5, 5.41) is 4.12. The molecule has 0 aromatic carbocycles. The minimum atomic E-state index is -0.0332. The molecule has 0 amide bonds.